The second kappa shape index (κ2) is 3.92. The molecule has 0 N–H and O–H groups in total. The maximum Gasteiger partial charge on any atom is 0.251 e. The van der Waals surface area contributed by atoms with Gasteiger partial charge in [0.25, 0.3) is 5.92 Å². The number of piperidine rings is 1. The number of amides is 1. The predicted molar refractivity (Wildman–Crippen MR) is 59.7 cm³/mol. The molecule has 3 aliphatic rings. The third-order valence-electron chi connectivity index (χ3n) is 4.75. The number of carbonyl (C=O) groups is 1. The fourth-order valence-corrected chi connectivity index (χ4v) is 3.62. The average molecular weight is 243 g/mol. The highest BCUT2D eigenvalue weighted by Gasteiger charge is 2.56. The minimum absolute atomic E-state index is 0.152. The summed E-state index contributed by atoms with van der Waals surface area (Å²) >= 11 is 0. The summed E-state index contributed by atoms with van der Waals surface area (Å²) in [4.78, 5) is 13.9. The number of hydrogen-bond acceptors (Lipinski definition) is 1. The van der Waals surface area contributed by atoms with E-state index in [0.717, 1.165) is 0 Å². The molecule has 2 saturated carbocycles. The fourth-order valence-electron chi connectivity index (χ4n) is 3.62. The Balaban J connectivity index is 1.57. The summed E-state index contributed by atoms with van der Waals surface area (Å²) < 4.78 is 26.0. The van der Waals surface area contributed by atoms with Crippen LogP contribution in [0.4, 0.5) is 8.78 Å². The molecule has 4 heteroatoms. The van der Waals surface area contributed by atoms with Gasteiger partial charge in [-0.2, -0.15) is 0 Å². The molecular weight excluding hydrogens is 224 g/mol. The molecule has 2 atom stereocenters. The molecule has 1 amide bonds. The van der Waals surface area contributed by atoms with Gasteiger partial charge in [0, 0.05) is 31.8 Å². The molecule has 1 saturated heterocycles. The molecule has 96 valence electrons. The summed E-state index contributed by atoms with van der Waals surface area (Å²) in [6, 6.07) is 0. The van der Waals surface area contributed by atoms with Gasteiger partial charge >= 0.3 is 0 Å². The van der Waals surface area contributed by atoms with E-state index >= 15 is 0 Å². The lowest BCUT2D eigenvalue weighted by molar-refractivity contribution is -0.139. The minimum Gasteiger partial charge on any atom is -0.342 e. The zero-order valence-corrected chi connectivity index (χ0v) is 10.0. The van der Waals surface area contributed by atoms with Crippen molar-refractivity contribution in [1.82, 2.24) is 4.90 Å². The quantitative estimate of drug-likeness (QED) is 0.693. The van der Waals surface area contributed by atoms with E-state index in [4.69, 9.17) is 0 Å². The van der Waals surface area contributed by atoms with Crippen LogP contribution >= 0.6 is 0 Å². The summed E-state index contributed by atoms with van der Waals surface area (Å²) in [6.45, 7) is 0.504. The number of rotatable bonds is 1. The largest absolute Gasteiger partial charge is 0.342 e. The van der Waals surface area contributed by atoms with Crippen LogP contribution in [0.5, 0.6) is 0 Å². The minimum atomic E-state index is -2.55. The van der Waals surface area contributed by atoms with Crippen molar-refractivity contribution < 1.29 is 13.6 Å². The fraction of sp³-hybridized carbons (Fsp3) is 0.923. The van der Waals surface area contributed by atoms with Gasteiger partial charge in [0.05, 0.1) is 0 Å². The molecule has 0 radical (unpaired) electrons. The molecule has 2 nitrogen and oxygen atoms in total. The first-order chi connectivity index (χ1) is 8.08. The molecule has 3 rings (SSSR count). The number of likely N-dealkylation sites (tertiary alicyclic amines) is 1. The summed E-state index contributed by atoms with van der Waals surface area (Å²) in [5.74, 6) is -1.04. The van der Waals surface area contributed by atoms with Crippen molar-refractivity contribution in [3.63, 3.8) is 0 Å². The zero-order chi connectivity index (χ0) is 12.0. The van der Waals surface area contributed by atoms with Crippen molar-refractivity contribution in [3.8, 4) is 0 Å². The van der Waals surface area contributed by atoms with Gasteiger partial charge in [-0.1, -0.05) is 12.8 Å². The van der Waals surface area contributed by atoms with Crippen molar-refractivity contribution in [2.45, 2.75) is 44.4 Å². The lowest BCUT2D eigenvalue weighted by Gasteiger charge is -2.32. The van der Waals surface area contributed by atoms with Crippen molar-refractivity contribution in [2.24, 2.45) is 17.8 Å². The van der Waals surface area contributed by atoms with Crippen LogP contribution in [0, 0.1) is 17.8 Å². The molecule has 0 bridgehead atoms. The Hall–Kier alpha value is -0.670. The Morgan fingerprint density at radius 2 is 1.59 bits per heavy atom. The van der Waals surface area contributed by atoms with Gasteiger partial charge in [-0.15, -0.1) is 0 Å². The molecule has 3 fully saturated rings. The van der Waals surface area contributed by atoms with Crippen LogP contribution in [-0.2, 0) is 4.79 Å². The van der Waals surface area contributed by atoms with E-state index in [1.807, 2.05) is 0 Å². The predicted octanol–water partition coefficient (Wildman–Crippen LogP) is 2.68. The molecular formula is C13H19F2NO. The number of fused-ring (bicyclic) bond motifs is 1. The molecule has 17 heavy (non-hydrogen) atoms. The highest BCUT2D eigenvalue weighted by atomic mass is 19.3. The van der Waals surface area contributed by atoms with E-state index in [-0.39, 0.29) is 37.8 Å². The third-order valence-corrected chi connectivity index (χ3v) is 4.75. The molecule has 1 heterocycles. The lowest BCUT2D eigenvalue weighted by atomic mass is 10.0. The van der Waals surface area contributed by atoms with Gasteiger partial charge in [-0.25, -0.2) is 8.78 Å². The Bertz CT molecular complexity index is 309. The highest BCUT2D eigenvalue weighted by Crippen LogP contribution is 2.56. The SMILES string of the molecule is O=C(C1[C@H]2CCCC[C@H]12)N1CCC(F)(F)CC1. The van der Waals surface area contributed by atoms with Gasteiger partial charge < -0.3 is 4.90 Å². The van der Waals surface area contributed by atoms with Crippen molar-refractivity contribution >= 4 is 5.91 Å². The van der Waals surface area contributed by atoms with Gasteiger partial charge in [-0.05, 0) is 24.7 Å². The number of halogens is 2. The summed E-state index contributed by atoms with van der Waals surface area (Å²) in [6.07, 6.45) is 4.52. The van der Waals surface area contributed by atoms with Gasteiger partial charge in [-0.3, -0.25) is 4.79 Å². The molecule has 0 spiro atoms. The maximum atomic E-state index is 13.0. The average Bonchev–Trinajstić information content (AvgIpc) is 3.02. The highest BCUT2D eigenvalue weighted by molar-refractivity contribution is 5.82. The number of nitrogens with zero attached hydrogens (tertiary/aromatic N) is 1. The van der Waals surface area contributed by atoms with Crippen LogP contribution in [0.1, 0.15) is 38.5 Å². The first-order valence-electron chi connectivity index (χ1n) is 6.75. The molecule has 0 aromatic rings. The van der Waals surface area contributed by atoms with Crippen molar-refractivity contribution in [3.05, 3.63) is 0 Å². The number of alkyl halides is 2. The van der Waals surface area contributed by atoms with E-state index in [1.165, 1.54) is 25.7 Å². The van der Waals surface area contributed by atoms with E-state index in [9.17, 15) is 13.6 Å². The Labute approximate surface area is 100 Å². The molecule has 2 aliphatic carbocycles. The van der Waals surface area contributed by atoms with E-state index in [0.29, 0.717) is 11.8 Å². The normalized spacial score (nSPS) is 39.6. The zero-order valence-electron chi connectivity index (χ0n) is 10.0. The maximum absolute atomic E-state index is 13.0. The lowest BCUT2D eigenvalue weighted by Crippen LogP contribution is -2.43. The first-order valence-corrected chi connectivity index (χ1v) is 6.75. The Kier molecular flexibility index (Phi) is 2.64. The second-order valence-corrected chi connectivity index (χ2v) is 5.82. The molecule has 0 aromatic carbocycles. The van der Waals surface area contributed by atoms with Crippen molar-refractivity contribution in [2.75, 3.05) is 13.1 Å². The van der Waals surface area contributed by atoms with E-state index in [2.05, 4.69) is 0 Å². The van der Waals surface area contributed by atoms with E-state index in [1.54, 1.807) is 4.90 Å². The molecule has 0 aromatic heterocycles. The van der Waals surface area contributed by atoms with Crippen molar-refractivity contribution in [1.29, 1.82) is 0 Å². The molecule has 0 unspecified atom stereocenters. The number of hydrogen-bond donors (Lipinski definition) is 0. The third kappa shape index (κ3) is 2.06. The number of carbonyl (C=O) groups excluding carboxylic acids is 1. The standard InChI is InChI=1S/C13H19F2NO/c14-13(15)5-7-16(8-6-13)12(17)11-9-3-1-2-4-10(9)11/h9-11H,1-8H2/t9-,10-/m0/s1. The van der Waals surface area contributed by atoms with Crippen LogP contribution < -0.4 is 0 Å². The first kappa shape index (κ1) is 11.4. The van der Waals surface area contributed by atoms with E-state index < -0.39 is 5.92 Å². The smallest absolute Gasteiger partial charge is 0.251 e. The topological polar surface area (TPSA) is 20.3 Å². The van der Waals surface area contributed by atoms with Crippen LogP contribution in [0.15, 0.2) is 0 Å². The van der Waals surface area contributed by atoms with Crippen LogP contribution in [0.2, 0.25) is 0 Å². The van der Waals surface area contributed by atoms with Crippen LogP contribution in [-0.4, -0.2) is 29.8 Å². The van der Waals surface area contributed by atoms with Gasteiger partial charge in [0.15, 0.2) is 0 Å². The van der Waals surface area contributed by atoms with Gasteiger partial charge in [0.1, 0.15) is 0 Å². The monoisotopic (exact) mass is 243 g/mol. The Morgan fingerprint density at radius 1 is 1.06 bits per heavy atom. The van der Waals surface area contributed by atoms with Crippen LogP contribution in [0.25, 0.3) is 0 Å². The summed E-state index contributed by atoms with van der Waals surface area (Å²) in [5.41, 5.74) is 0. The molecule has 1 aliphatic heterocycles. The summed E-state index contributed by atoms with van der Waals surface area (Å²) in [7, 11) is 0. The second-order valence-electron chi connectivity index (χ2n) is 5.82. The van der Waals surface area contributed by atoms with Crippen LogP contribution in [0.3, 0.4) is 0 Å². The Morgan fingerprint density at radius 3 is 2.12 bits per heavy atom. The summed E-state index contributed by atoms with van der Waals surface area (Å²) in [5, 5.41) is 0. The van der Waals surface area contributed by atoms with Gasteiger partial charge in [0.2, 0.25) is 5.91 Å².